The highest BCUT2D eigenvalue weighted by molar-refractivity contribution is 6.02. The van der Waals surface area contributed by atoms with E-state index in [0.717, 1.165) is 6.92 Å². The zero-order chi connectivity index (χ0) is 30.8. The molecule has 2 saturated heterocycles. The van der Waals surface area contributed by atoms with Crippen LogP contribution in [0.15, 0.2) is 41.5 Å². The number of rotatable bonds is 5. The summed E-state index contributed by atoms with van der Waals surface area (Å²) in [7, 11) is 0. The Morgan fingerprint density at radius 3 is 2.31 bits per heavy atom. The van der Waals surface area contributed by atoms with Crippen LogP contribution in [0.2, 0.25) is 0 Å². The summed E-state index contributed by atoms with van der Waals surface area (Å²) in [5.74, 6) is -5.77. The molecule has 1 aromatic rings. The molecule has 0 spiro atoms. The highest BCUT2D eigenvalue weighted by Crippen LogP contribution is 2.62. The maximum absolute atomic E-state index is 14.3. The highest BCUT2D eigenvalue weighted by atomic mass is 16.6. The fraction of sp³-hybridized carbons (Fsp3) is 0.548. The molecule has 1 saturated carbocycles. The van der Waals surface area contributed by atoms with Gasteiger partial charge in [-0.05, 0) is 30.2 Å². The summed E-state index contributed by atoms with van der Waals surface area (Å²) < 4.78 is 29.8. The van der Waals surface area contributed by atoms with Crippen molar-refractivity contribution in [1.82, 2.24) is 0 Å². The number of Topliss-reactive ketones (excluding diaryl/α,β-unsaturated/α-hetero) is 2. The summed E-state index contributed by atoms with van der Waals surface area (Å²) in [5, 5.41) is 0. The van der Waals surface area contributed by atoms with Gasteiger partial charge in [-0.1, -0.05) is 39.0 Å². The van der Waals surface area contributed by atoms with Crippen LogP contribution in [-0.2, 0) is 47.7 Å². The number of fused-ring (bicyclic) bond motifs is 6. The molecule has 0 amide bonds. The largest absolute Gasteiger partial charge is 0.461 e. The maximum atomic E-state index is 14.3. The third kappa shape index (κ3) is 4.28. The third-order valence-electron chi connectivity index (χ3n) is 9.42. The van der Waals surface area contributed by atoms with Crippen LogP contribution in [0.3, 0.4) is 0 Å². The molecule has 42 heavy (non-hydrogen) atoms. The lowest BCUT2D eigenvalue weighted by Crippen LogP contribution is -2.68. The summed E-state index contributed by atoms with van der Waals surface area (Å²) in [4.78, 5) is 78.8. The molecule has 1 aromatic carbocycles. The van der Waals surface area contributed by atoms with E-state index in [9.17, 15) is 28.8 Å². The number of carbonyl (C=O) groups excluding carboxylic acids is 6. The van der Waals surface area contributed by atoms with E-state index in [1.807, 2.05) is 0 Å². The first-order valence-corrected chi connectivity index (χ1v) is 13.9. The van der Waals surface area contributed by atoms with Crippen LogP contribution in [0, 0.1) is 17.3 Å². The first-order valence-electron chi connectivity index (χ1n) is 13.9. The van der Waals surface area contributed by atoms with E-state index in [1.54, 1.807) is 58.0 Å². The standard InChI is InChI=1S/C31H34O11/c1-15-20(34)13-31(42-28(37)19-10-8-7-9-11-19)27-24(30(14-38-17(3)32)21(40-27)12-22(35)41-30)16(2)25(36)26(39-18(4)33)23(15)29(31,5)6/h7-11,16,21,24,26-27H,12-14H2,1-6H3/t16-,21+,24+,26+,27-,30-,31+/m0/s1. The average molecular weight is 583 g/mol. The van der Waals surface area contributed by atoms with E-state index in [-0.39, 0.29) is 29.6 Å². The average Bonchev–Trinajstić information content (AvgIpc) is 3.39. The van der Waals surface area contributed by atoms with Crippen molar-refractivity contribution in [2.45, 2.75) is 83.9 Å². The zero-order valence-corrected chi connectivity index (χ0v) is 24.4. The minimum Gasteiger partial charge on any atom is -0.461 e. The van der Waals surface area contributed by atoms with Crippen molar-refractivity contribution in [3.8, 4) is 0 Å². The lowest BCUT2D eigenvalue weighted by molar-refractivity contribution is -0.197. The van der Waals surface area contributed by atoms with E-state index >= 15 is 0 Å². The number of hydrogen-bond acceptors (Lipinski definition) is 11. The van der Waals surface area contributed by atoms with Crippen LogP contribution < -0.4 is 0 Å². The molecule has 0 aromatic heterocycles. The van der Waals surface area contributed by atoms with Crippen LogP contribution in [0.25, 0.3) is 0 Å². The normalized spacial score (nSPS) is 34.9. The van der Waals surface area contributed by atoms with Gasteiger partial charge < -0.3 is 23.7 Å². The highest BCUT2D eigenvalue weighted by Gasteiger charge is 2.76. The molecule has 224 valence electrons. The Morgan fingerprint density at radius 2 is 1.69 bits per heavy atom. The number of allylic oxidation sites excluding steroid dienone is 1. The van der Waals surface area contributed by atoms with Crippen molar-refractivity contribution in [2.75, 3.05) is 6.61 Å². The molecule has 11 heteroatoms. The molecule has 0 N–H and O–H groups in total. The topological polar surface area (TPSA) is 149 Å². The van der Waals surface area contributed by atoms with Gasteiger partial charge in [0.2, 0.25) is 0 Å². The molecule has 2 bridgehead atoms. The van der Waals surface area contributed by atoms with Gasteiger partial charge in [0, 0.05) is 31.1 Å². The lowest BCUT2D eigenvalue weighted by Gasteiger charge is -2.56. The summed E-state index contributed by atoms with van der Waals surface area (Å²) in [5.41, 5.74) is -4.00. The predicted molar refractivity (Wildman–Crippen MR) is 143 cm³/mol. The fourth-order valence-electron chi connectivity index (χ4n) is 7.41. The number of esters is 4. The van der Waals surface area contributed by atoms with Crippen molar-refractivity contribution in [2.24, 2.45) is 17.3 Å². The first-order chi connectivity index (χ1) is 19.7. The second-order valence-corrected chi connectivity index (χ2v) is 12.1. The Hall–Kier alpha value is -3.86. The molecule has 0 unspecified atom stereocenters. The maximum Gasteiger partial charge on any atom is 0.338 e. The molecular weight excluding hydrogens is 548 g/mol. The number of ether oxygens (including phenoxy) is 5. The molecule has 11 nitrogen and oxygen atoms in total. The minimum atomic E-state index is -1.75. The van der Waals surface area contributed by atoms with Gasteiger partial charge in [-0.15, -0.1) is 0 Å². The van der Waals surface area contributed by atoms with Gasteiger partial charge in [-0.3, -0.25) is 24.0 Å². The van der Waals surface area contributed by atoms with Crippen molar-refractivity contribution >= 4 is 35.4 Å². The van der Waals surface area contributed by atoms with Crippen molar-refractivity contribution in [3.63, 3.8) is 0 Å². The van der Waals surface area contributed by atoms with E-state index in [1.165, 1.54) is 6.92 Å². The first kappa shape index (κ1) is 29.6. The molecule has 4 aliphatic rings. The van der Waals surface area contributed by atoms with Crippen LogP contribution >= 0.6 is 0 Å². The SMILES string of the molecule is CC(=O)OC[C@]12OC(=O)C[C@H]1O[C@H]1[C@H]2[C@H](C)C(=O)[C@H](OC(C)=O)C2=C(C)C(=O)C[C@]1(OC(=O)c1ccccc1)C2(C)C. The second kappa shape index (κ2) is 10.1. The van der Waals surface area contributed by atoms with Gasteiger partial charge in [0.15, 0.2) is 28.9 Å². The van der Waals surface area contributed by atoms with Crippen LogP contribution in [0.1, 0.15) is 64.7 Å². The molecule has 7 atom stereocenters. The Balaban J connectivity index is 1.78. The summed E-state index contributed by atoms with van der Waals surface area (Å²) in [6.07, 6.45) is -4.14. The second-order valence-electron chi connectivity index (χ2n) is 12.1. The molecule has 2 aliphatic carbocycles. The Morgan fingerprint density at radius 1 is 1.02 bits per heavy atom. The number of hydrogen-bond donors (Lipinski definition) is 0. The van der Waals surface area contributed by atoms with Gasteiger partial charge in [0.1, 0.15) is 18.8 Å². The van der Waals surface area contributed by atoms with E-state index in [4.69, 9.17) is 23.7 Å². The van der Waals surface area contributed by atoms with Crippen molar-refractivity contribution < 1.29 is 52.5 Å². The Bertz CT molecular complexity index is 1410. The minimum absolute atomic E-state index is 0.207. The van der Waals surface area contributed by atoms with E-state index in [0.29, 0.717) is 0 Å². The number of carbonyl (C=O) groups is 6. The fourth-order valence-corrected chi connectivity index (χ4v) is 7.41. The summed E-state index contributed by atoms with van der Waals surface area (Å²) >= 11 is 0. The van der Waals surface area contributed by atoms with Gasteiger partial charge in [-0.25, -0.2) is 4.79 Å². The molecule has 5 rings (SSSR count). The Kier molecular flexibility index (Phi) is 7.16. The predicted octanol–water partition coefficient (Wildman–Crippen LogP) is 2.68. The monoisotopic (exact) mass is 582 g/mol. The van der Waals surface area contributed by atoms with Crippen molar-refractivity contribution in [1.29, 1.82) is 0 Å². The van der Waals surface area contributed by atoms with Gasteiger partial charge in [-0.2, -0.15) is 0 Å². The molecule has 3 fully saturated rings. The smallest absolute Gasteiger partial charge is 0.338 e. The zero-order valence-electron chi connectivity index (χ0n) is 24.4. The quantitative estimate of drug-likeness (QED) is 0.373. The van der Waals surface area contributed by atoms with E-state index in [2.05, 4.69) is 0 Å². The number of benzene rings is 1. The summed E-state index contributed by atoms with van der Waals surface area (Å²) in [6, 6.07) is 8.22. The molecule has 2 aliphatic heterocycles. The Labute approximate surface area is 242 Å². The van der Waals surface area contributed by atoms with E-state index < -0.39 is 88.8 Å². The number of ketones is 2. The lowest BCUT2D eigenvalue weighted by atomic mass is 9.52. The summed E-state index contributed by atoms with van der Waals surface area (Å²) in [6.45, 7) is 8.52. The van der Waals surface area contributed by atoms with Crippen LogP contribution in [-0.4, -0.2) is 71.6 Å². The van der Waals surface area contributed by atoms with Gasteiger partial charge >= 0.3 is 23.9 Å². The van der Waals surface area contributed by atoms with Crippen LogP contribution in [0.5, 0.6) is 0 Å². The molecule has 0 radical (unpaired) electrons. The van der Waals surface area contributed by atoms with Crippen LogP contribution in [0.4, 0.5) is 0 Å². The van der Waals surface area contributed by atoms with Crippen molar-refractivity contribution in [3.05, 3.63) is 47.0 Å². The molecule has 2 heterocycles. The van der Waals surface area contributed by atoms with Gasteiger partial charge in [0.25, 0.3) is 0 Å². The third-order valence-corrected chi connectivity index (χ3v) is 9.42. The van der Waals surface area contributed by atoms with Gasteiger partial charge in [0.05, 0.1) is 18.4 Å². The molecular formula is C31H34O11.